The fourth-order valence-electron chi connectivity index (χ4n) is 5.08. The van der Waals surface area contributed by atoms with Gasteiger partial charge in [-0.15, -0.1) is 0 Å². The third kappa shape index (κ3) is 6.27. The second-order valence-electron chi connectivity index (χ2n) is 10.6. The number of aliphatic hydroxyl groups excluding tert-OH is 1. The zero-order chi connectivity index (χ0) is 27.2. The Morgan fingerprint density at radius 3 is 2.42 bits per heavy atom. The van der Waals surface area contributed by atoms with Gasteiger partial charge >= 0.3 is 0 Å². The minimum Gasteiger partial charge on any atom is -0.507 e. The summed E-state index contributed by atoms with van der Waals surface area (Å²) in [5, 5.41) is 11.5. The highest BCUT2D eigenvalue weighted by atomic mass is 16.5. The fourth-order valence-corrected chi connectivity index (χ4v) is 5.08. The van der Waals surface area contributed by atoms with E-state index in [1.807, 2.05) is 37.3 Å². The number of rotatable bonds is 10. The predicted octanol–water partition coefficient (Wildman–Crippen LogP) is 4.74. The fraction of sp³-hybridized carbons (Fsp3) is 0.484. The summed E-state index contributed by atoms with van der Waals surface area (Å²) in [6.45, 7) is 13.2. The minimum atomic E-state index is -0.641. The number of likely N-dealkylation sites (tertiary alicyclic amines) is 1. The molecule has 0 saturated carbocycles. The van der Waals surface area contributed by atoms with Crippen LogP contribution in [0.5, 0.6) is 5.75 Å². The van der Waals surface area contributed by atoms with Crippen molar-refractivity contribution in [1.82, 2.24) is 9.80 Å². The molecule has 2 heterocycles. The van der Waals surface area contributed by atoms with Gasteiger partial charge in [-0.2, -0.15) is 0 Å². The molecule has 2 aromatic carbocycles. The lowest BCUT2D eigenvalue weighted by Crippen LogP contribution is -2.38. The molecule has 7 heteroatoms. The average molecular weight is 521 g/mol. The smallest absolute Gasteiger partial charge is 0.295 e. The van der Waals surface area contributed by atoms with Crippen molar-refractivity contribution in [3.8, 4) is 5.75 Å². The third-order valence-corrected chi connectivity index (χ3v) is 7.26. The maximum atomic E-state index is 13.4. The molecule has 4 rings (SSSR count). The molecular weight excluding hydrogens is 480 g/mol. The van der Waals surface area contributed by atoms with Crippen molar-refractivity contribution in [2.45, 2.75) is 46.6 Å². The Labute approximate surface area is 226 Å². The largest absolute Gasteiger partial charge is 0.507 e. The van der Waals surface area contributed by atoms with Crippen molar-refractivity contribution < 1.29 is 24.2 Å². The average Bonchev–Trinajstić information content (AvgIpc) is 3.17. The molecule has 0 spiro atoms. The molecule has 1 atom stereocenters. The van der Waals surface area contributed by atoms with Gasteiger partial charge in [-0.05, 0) is 60.6 Å². The van der Waals surface area contributed by atoms with E-state index >= 15 is 0 Å². The van der Waals surface area contributed by atoms with Crippen LogP contribution in [0.15, 0.2) is 48.0 Å². The van der Waals surface area contributed by atoms with E-state index in [4.69, 9.17) is 9.47 Å². The molecule has 1 N–H and O–H groups in total. The number of hydrogen-bond acceptors (Lipinski definition) is 6. The van der Waals surface area contributed by atoms with E-state index in [1.165, 1.54) is 5.56 Å². The van der Waals surface area contributed by atoms with Crippen molar-refractivity contribution in [3.63, 3.8) is 0 Å². The molecule has 2 aromatic rings. The second kappa shape index (κ2) is 12.6. The zero-order valence-corrected chi connectivity index (χ0v) is 23.0. The number of morpholine rings is 1. The minimum absolute atomic E-state index is 0.142. The molecule has 0 bridgehead atoms. The Kier molecular flexibility index (Phi) is 9.23. The van der Waals surface area contributed by atoms with Gasteiger partial charge in [0.25, 0.3) is 11.7 Å². The number of carbonyl (C=O) groups is 2. The van der Waals surface area contributed by atoms with Gasteiger partial charge < -0.3 is 19.5 Å². The SMILES string of the molecule is CCc1ccc([C@@H]2/C(=C(\O)c3ccc(OCC(C)C)cc3C)C(=O)C(=O)N2CCCN2CCOCC2)cc1. The zero-order valence-electron chi connectivity index (χ0n) is 23.0. The van der Waals surface area contributed by atoms with Gasteiger partial charge in [0, 0.05) is 31.7 Å². The van der Waals surface area contributed by atoms with E-state index in [0.29, 0.717) is 30.4 Å². The van der Waals surface area contributed by atoms with Gasteiger partial charge in [0.05, 0.1) is 31.4 Å². The van der Waals surface area contributed by atoms with Gasteiger partial charge in [-0.3, -0.25) is 14.5 Å². The number of hydrogen-bond donors (Lipinski definition) is 1. The lowest BCUT2D eigenvalue weighted by Gasteiger charge is -2.29. The van der Waals surface area contributed by atoms with Crippen LogP contribution in [0.3, 0.4) is 0 Å². The number of ether oxygens (including phenoxy) is 2. The summed E-state index contributed by atoms with van der Waals surface area (Å²) in [6, 6.07) is 12.8. The van der Waals surface area contributed by atoms with Crippen molar-refractivity contribution >= 4 is 17.4 Å². The van der Waals surface area contributed by atoms with Gasteiger partial charge in [0.2, 0.25) is 0 Å². The molecular formula is C31H40N2O5. The summed E-state index contributed by atoms with van der Waals surface area (Å²) in [5.41, 5.74) is 3.45. The number of aliphatic hydroxyl groups is 1. The molecule has 2 saturated heterocycles. The Bertz CT molecular complexity index is 1170. The van der Waals surface area contributed by atoms with E-state index in [9.17, 15) is 14.7 Å². The van der Waals surface area contributed by atoms with Crippen LogP contribution in [0, 0.1) is 12.8 Å². The van der Waals surface area contributed by atoms with E-state index in [1.54, 1.807) is 17.0 Å². The summed E-state index contributed by atoms with van der Waals surface area (Å²) in [4.78, 5) is 30.6. The molecule has 2 fully saturated rings. The van der Waals surface area contributed by atoms with Gasteiger partial charge in [0.15, 0.2) is 0 Å². The van der Waals surface area contributed by atoms with E-state index in [-0.39, 0.29) is 11.3 Å². The Morgan fingerprint density at radius 1 is 1.08 bits per heavy atom. The molecule has 204 valence electrons. The number of aryl methyl sites for hydroxylation is 2. The number of ketones is 1. The van der Waals surface area contributed by atoms with Crippen molar-refractivity contribution in [2.24, 2.45) is 5.92 Å². The summed E-state index contributed by atoms with van der Waals surface area (Å²) in [5.74, 6) is -0.244. The van der Waals surface area contributed by atoms with Crippen LogP contribution in [-0.4, -0.2) is 72.6 Å². The van der Waals surface area contributed by atoms with E-state index in [0.717, 1.165) is 56.8 Å². The van der Waals surface area contributed by atoms with Crippen LogP contribution in [-0.2, 0) is 20.7 Å². The standard InChI is InChI=1S/C31H40N2O5/c1-5-23-7-9-24(10-8-23)28-27(29(34)26-12-11-25(19-22(26)4)38-20-21(2)3)30(35)31(36)33(28)14-6-13-32-15-17-37-18-16-32/h7-12,19,21,28,34H,5-6,13-18,20H2,1-4H3/b29-27+/t28-/m1/s1. The maximum Gasteiger partial charge on any atom is 0.295 e. The first-order chi connectivity index (χ1) is 18.3. The Morgan fingerprint density at radius 2 is 1.79 bits per heavy atom. The van der Waals surface area contributed by atoms with Crippen molar-refractivity contribution in [2.75, 3.05) is 46.0 Å². The molecule has 2 aliphatic rings. The van der Waals surface area contributed by atoms with Crippen LogP contribution in [0.1, 0.15) is 55.5 Å². The van der Waals surface area contributed by atoms with Crippen molar-refractivity contribution in [3.05, 3.63) is 70.3 Å². The molecule has 1 amide bonds. The lowest BCUT2D eigenvalue weighted by atomic mass is 9.93. The first kappa shape index (κ1) is 27.9. The maximum absolute atomic E-state index is 13.4. The number of carbonyl (C=O) groups excluding carboxylic acids is 2. The first-order valence-electron chi connectivity index (χ1n) is 13.7. The second-order valence-corrected chi connectivity index (χ2v) is 10.6. The van der Waals surface area contributed by atoms with Gasteiger partial charge in [-0.1, -0.05) is 45.0 Å². The van der Waals surface area contributed by atoms with E-state index < -0.39 is 17.7 Å². The number of nitrogens with zero attached hydrogens (tertiary/aromatic N) is 2. The lowest BCUT2D eigenvalue weighted by molar-refractivity contribution is -0.140. The summed E-state index contributed by atoms with van der Waals surface area (Å²) < 4.78 is 11.3. The highest BCUT2D eigenvalue weighted by Crippen LogP contribution is 2.40. The predicted molar refractivity (Wildman–Crippen MR) is 148 cm³/mol. The van der Waals surface area contributed by atoms with Crippen molar-refractivity contribution in [1.29, 1.82) is 0 Å². The van der Waals surface area contributed by atoms with Crippen LogP contribution in [0.2, 0.25) is 0 Å². The number of benzene rings is 2. The monoisotopic (exact) mass is 520 g/mol. The van der Waals surface area contributed by atoms with E-state index in [2.05, 4.69) is 25.7 Å². The van der Waals surface area contributed by atoms with Crippen LogP contribution in [0.25, 0.3) is 5.76 Å². The van der Waals surface area contributed by atoms with Gasteiger partial charge in [0.1, 0.15) is 11.5 Å². The Balaban J connectivity index is 1.66. The molecule has 0 radical (unpaired) electrons. The summed E-state index contributed by atoms with van der Waals surface area (Å²) in [7, 11) is 0. The molecule has 38 heavy (non-hydrogen) atoms. The molecule has 0 unspecified atom stereocenters. The molecule has 7 nitrogen and oxygen atoms in total. The third-order valence-electron chi connectivity index (χ3n) is 7.26. The molecule has 2 aliphatic heterocycles. The van der Waals surface area contributed by atoms with Crippen LogP contribution < -0.4 is 4.74 Å². The summed E-state index contributed by atoms with van der Waals surface area (Å²) >= 11 is 0. The highest BCUT2D eigenvalue weighted by Gasteiger charge is 2.46. The van der Waals surface area contributed by atoms with Gasteiger partial charge in [-0.25, -0.2) is 0 Å². The number of Topliss-reactive ketones (excluding diaryl/α,β-unsaturated/α-hetero) is 1. The first-order valence-corrected chi connectivity index (χ1v) is 13.7. The van der Waals surface area contributed by atoms with Crippen LogP contribution in [0.4, 0.5) is 0 Å². The summed E-state index contributed by atoms with van der Waals surface area (Å²) in [6.07, 6.45) is 1.63. The quantitative estimate of drug-likeness (QED) is 0.277. The highest BCUT2D eigenvalue weighted by molar-refractivity contribution is 6.46. The normalized spacial score (nSPS) is 19.9. The molecule has 0 aliphatic carbocycles. The topological polar surface area (TPSA) is 79.3 Å². The van der Waals surface area contributed by atoms with Crippen LogP contribution >= 0.6 is 0 Å². The molecule has 0 aromatic heterocycles. The Hall–Kier alpha value is -3.16. The number of amides is 1.